The highest BCUT2D eigenvalue weighted by Crippen LogP contribution is 1.89. The molecule has 0 spiro atoms. The van der Waals surface area contributed by atoms with Crippen molar-refractivity contribution in [3.8, 4) is 0 Å². The molecule has 1 aromatic heterocycles. The summed E-state index contributed by atoms with van der Waals surface area (Å²) >= 11 is 0. The topological polar surface area (TPSA) is 30.9 Å². The monoisotopic (exact) mass is 204 g/mol. The molecule has 2 N–H and O–H groups in total. The molecule has 0 aromatic carbocycles. The van der Waals surface area contributed by atoms with E-state index in [0.29, 0.717) is 0 Å². The van der Waals surface area contributed by atoms with Crippen molar-refractivity contribution in [1.29, 1.82) is 0 Å². The number of nitrogens with zero attached hydrogens (tertiary/aromatic N) is 1. The summed E-state index contributed by atoms with van der Waals surface area (Å²) in [4.78, 5) is 0. The highest BCUT2D eigenvalue weighted by atomic mass is 14.9. The van der Waals surface area contributed by atoms with E-state index in [1.54, 1.807) is 0 Å². The third-order valence-electron chi connectivity index (χ3n) is 2.27. The largest absolute Gasteiger partial charge is 0.347 e. The summed E-state index contributed by atoms with van der Waals surface area (Å²) in [7, 11) is 0. The molecule has 15 heavy (non-hydrogen) atoms. The predicted molar refractivity (Wildman–Crippen MR) is 66.8 cm³/mol. The number of hydrogen-bond acceptors (Lipinski definition) is 1. The molecule has 0 atom stereocenters. The highest BCUT2D eigenvalue weighted by molar-refractivity contribution is 5.37. The van der Waals surface area contributed by atoms with Crippen LogP contribution >= 0.6 is 0 Å². The highest BCUT2D eigenvalue weighted by Gasteiger charge is 1.93. The molecule has 82 valence electrons. The first kappa shape index (κ1) is 11.8. The number of hydrogen-bond donors (Lipinski definition) is 1. The summed E-state index contributed by atoms with van der Waals surface area (Å²) in [6.07, 6.45) is 7.31. The lowest BCUT2D eigenvalue weighted by Crippen LogP contribution is -2.28. The van der Waals surface area contributed by atoms with E-state index in [9.17, 15) is 0 Å². The van der Waals surface area contributed by atoms with Gasteiger partial charge in [0.25, 0.3) is 0 Å². The third kappa shape index (κ3) is 3.40. The average molecular weight is 204 g/mol. The van der Waals surface area contributed by atoms with Crippen molar-refractivity contribution in [2.24, 2.45) is 5.73 Å². The lowest BCUT2D eigenvalue weighted by atomic mass is 10.3. The second-order valence-electron chi connectivity index (χ2n) is 3.97. The molecule has 0 aliphatic heterocycles. The second kappa shape index (κ2) is 5.56. The lowest BCUT2D eigenvalue weighted by Gasteiger charge is -2.01. The summed E-state index contributed by atoms with van der Waals surface area (Å²) in [5, 5.41) is 2.26. The molecule has 2 heteroatoms. The van der Waals surface area contributed by atoms with Crippen molar-refractivity contribution in [2.75, 3.05) is 6.54 Å². The van der Waals surface area contributed by atoms with Crippen LogP contribution in [0.5, 0.6) is 0 Å². The molecule has 2 nitrogen and oxygen atoms in total. The predicted octanol–water partition coefficient (Wildman–Crippen LogP) is 0.994. The van der Waals surface area contributed by atoms with Gasteiger partial charge in [0.15, 0.2) is 0 Å². The first-order chi connectivity index (χ1) is 7.15. The SMILES string of the molecule is C=c1ccn(CCCN)/c1=C/C=C(C)C. The molecule has 0 aliphatic rings. The molecule has 0 saturated carbocycles. The van der Waals surface area contributed by atoms with Gasteiger partial charge < -0.3 is 10.3 Å². The maximum absolute atomic E-state index is 5.50. The van der Waals surface area contributed by atoms with E-state index in [1.165, 1.54) is 10.9 Å². The minimum atomic E-state index is 0.729. The van der Waals surface area contributed by atoms with Gasteiger partial charge in [-0.3, -0.25) is 0 Å². The van der Waals surface area contributed by atoms with Crippen LogP contribution in [0.3, 0.4) is 0 Å². The maximum atomic E-state index is 5.50. The lowest BCUT2D eigenvalue weighted by molar-refractivity contribution is 0.639. The molecule has 0 fully saturated rings. The Labute approximate surface area is 91.4 Å². The maximum Gasteiger partial charge on any atom is 0.0474 e. The van der Waals surface area contributed by atoms with E-state index in [2.05, 4.69) is 43.3 Å². The van der Waals surface area contributed by atoms with Crippen molar-refractivity contribution in [3.63, 3.8) is 0 Å². The molecule has 0 amide bonds. The van der Waals surface area contributed by atoms with Gasteiger partial charge in [-0.15, -0.1) is 0 Å². The summed E-state index contributed by atoms with van der Waals surface area (Å²) in [6, 6.07) is 2.04. The molecule has 0 bridgehead atoms. The summed E-state index contributed by atoms with van der Waals surface area (Å²) in [6.45, 7) is 9.89. The molecule has 1 heterocycles. The fraction of sp³-hybridized carbons (Fsp3) is 0.385. The number of nitrogens with two attached hydrogens (primary N) is 1. The van der Waals surface area contributed by atoms with Crippen LogP contribution in [0.4, 0.5) is 0 Å². The summed E-state index contributed by atoms with van der Waals surface area (Å²) in [5.74, 6) is 0. The minimum Gasteiger partial charge on any atom is -0.347 e. The van der Waals surface area contributed by atoms with Gasteiger partial charge in [0.1, 0.15) is 0 Å². The summed E-state index contributed by atoms with van der Waals surface area (Å²) < 4.78 is 2.20. The van der Waals surface area contributed by atoms with Crippen molar-refractivity contribution in [1.82, 2.24) is 4.57 Å². The average Bonchev–Trinajstić information content (AvgIpc) is 2.53. The fourth-order valence-electron chi connectivity index (χ4n) is 1.44. The Morgan fingerprint density at radius 3 is 2.87 bits per heavy atom. The Hall–Kier alpha value is -1.28. The van der Waals surface area contributed by atoms with Gasteiger partial charge >= 0.3 is 0 Å². The van der Waals surface area contributed by atoms with Crippen molar-refractivity contribution < 1.29 is 0 Å². The van der Waals surface area contributed by atoms with E-state index in [1.807, 2.05) is 6.07 Å². The molecule has 1 rings (SSSR count). The molecule has 0 aliphatic carbocycles. The molecule has 0 saturated heterocycles. The Bertz CT molecular complexity index is 434. The quantitative estimate of drug-likeness (QED) is 0.779. The smallest absolute Gasteiger partial charge is 0.0474 e. The van der Waals surface area contributed by atoms with Crippen LogP contribution in [0.15, 0.2) is 23.9 Å². The standard InChI is InChI=1S/C13H20N2/c1-11(2)5-6-13-12(3)7-10-15(13)9-4-8-14/h5-7,10H,3-4,8-9,14H2,1-2H3/b13-6+. The zero-order valence-electron chi connectivity index (χ0n) is 9.66. The number of aromatic nitrogens is 1. The van der Waals surface area contributed by atoms with Gasteiger partial charge in [-0.05, 0) is 44.2 Å². The minimum absolute atomic E-state index is 0.729. The van der Waals surface area contributed by atoms with E-state index in [0.717, 1.165) is 24.7 Å². The van der Waals surface area contributed by atoms with Gasteiger partial charge in [0, 0.05) is 18.1 Å². The second-order valence-corrected chi connectivity index (χ2v) is 3.97. The zero-order valence-corrected chi connectivity index (χ0v) is 9.66. The van der Waals surface area contributed by atoms with Crippen molar-refractivity contribution >= 4 is 12.7 Å². The van der Waals surface area contributed by atoms with Crippen LogP contribution < -0.4 is 16.3 Å². The van der Waals surface area contributed by atoms with Crippen molar-refractivity contribution in [3.05, 3.63) is 34.5 Å². The van der Waals surface area contributed by atoms with Gasteiger partial charge in [-0.1, -0.05) is 18.2 Å². The van der Waals surface area contributed by atoms with Gasteiger partial charge in [-0.2, -0.15) is 0 Å². The van der Waals surface area contributed by atoms with E-state index in [4.69, 9.17) is 5.73 Å². The van der Waals surface area contributed by atoms with E-state index in [-0.39, 0.29) is 0 Å². The molecule has 0 radical (unpaired) electrons. The molecular weight excluding hydrogens is 184 g/mol. The number of allylic oxidation sites excluding steroid dienone is 2. The first-order valence-electron chi connectivity index (χ1n) is 5.34. The van der Waals surface area contributed by atoms with Crippen LogP contribution in [-0.4, -0.2) is 11.1 Å². The zero-order chi connectivity index (χ0) is 11.3. The number of aryl methyl sites for hydroxylation is 1. The van der Waals surface area contributed by atoms with Crippen LogP contribution in [0, 0.1) is 0 Å². The Balaban J connectivity index is 3.04. The molecule has 0 unspecified atom stereocenters. The molecule has 1 aromatic rings. The van der Waals surface area contributed by atoms with Gasteiger partial charge in [0.05, 0.1) is 0 Å². The van der Waals surface area contributed by atoms with E-state index < -0.39 is 0 Å². The van der Waals surface area contributed by atoms with Crippen LogP contribution in [0.25, 0.3) is 12.7 Å². The first-order valence-corrected chi connectivity index (χ1v) is 5.34. The van der Waals surface area contributed by atoms with Crippen LogP contribution in [-0.2, 0) is 6.54 Å². The number of rotatable bonds is 4. The van der Waals surface area contributed by atoms with Crippen LogP contribution in [0.2, 0.25) is 0 Å². The van der Waals surface area contributed by atoms with Crippen molar-refractivity contribution in [2.45, 2.75) is 26.8 Å². The fourth-order valence-corrected chi connectivity index (χ4v) is 1.44. The van der Waals surface area contributed by atoms with Gasteiger partial charge in [-0.25, -0.2) is 0 Å². The van der Waals surface area contributed by atoms with Crippen LogP contribution in [0.1, 0.15) is 20.3 Å². The van der Waals surface area contributed by atoms with E-state index >= 15 is 0 Å². The third-order valence-corrected chi connectivity index (χ3v) is 2.27. The summed E-state index contributed by atoms with van der Waals surface area (Å²) in [5.41, 5.74) is 6.80. The Kier molecular flexibility index (Phi) is 4.37. The van der Waals surface area contributed by atoms with Gasteiger partial charge in [0.2, 0.25) is 0 Å². The Morgan fingerprint density at radius 2 is 2.27 bits per heavy atom. The molecular formula is C13H20N2. The Morgan fingerprint density at radius 1 is 1.53 bits per heavy atom. The normalized spacial score (nSPS) is 11.8.